The van der Waals surface area contributed by atoms with Gasteiger partial charge in [-0.3, -0.25) is 0 Å². The van der Waals surface area contributed by atoms with Crippen molar-refractivity contribution in [3.05, 3.63) is 0 Å². The van der Waals surface area contributed by atoms with E-state index in [9.17, 15) is 0 Å². The zero-order valence-electron chi connectivity index (χ0n) is 12.5. The molecule has 1 atom stereocenters. The summed E-state index contributed by atoms with van der Waals surface area (Å²) in [5.74, 6) is 2.59. The van der Waals surface area contributed by atoms with Crippen molar-refractivity contribution in [2.45, 2.75) is 40.2 Å². The van der Waals surface area contributed by atoms with E-state index in [0.717, 1.165) is 13.1 Å². The third-order valence-electron chi connectivity index (χ3n) is 3.69. The van der Waals surface area contributed by atoms with Crippen LogP contribution in [0.3, 0.4) is 0 Å². The standard InChI is InChI=1S/C14H30N2S/c1-13(2,11-16(5)6)10-15-12-9-17-8-7-14(12,3)4/h12,15H,7-11H2,1-6H3. The molecule has 1 fully saturated rings. The van der Waals surface area contributed by atoms with Crippen LogP contribution in [-0.4, -0.2) is 49.6 Å². The predicted octanol–water partition coefficient (Wildman–Crippen LogP) is 2.70. The Hall–Kier alpha value is 0.270. The SMILES string of the molecule is CN(C)CC(C)(C)CNC1CSCCC1(C)C. The van der Waals surface area contributed by atoms with E-state index >= 15 is 0 Å². The molecule has 102 valence electrons. The van der Waals surface area contributed by atoms with Crippen molar-refractivity contribution in [1.29, 1.82) is 0 Å². The van der Waals surface area contributed by atoms with Crippen LogP contribution in [0.4, 0.5) is 0 Å². The van der Waals surface area contributed by atoms with Gasteiger partial charge in [0, 0.05) is 24.9 Å². The van der Waals surface area contributed by atoms with Gasteiger partial charge in [0.15, 0.2) is 0 Å². The summed E-state index contributed by atoms with van der Waals surface area (Å²) in [6.45, 7) is 11.8. The summed E-state index contributed by atoms with van der Waals surface area (Å²) in [6, 6.07) is 0.669. The van der Waals surface area contributed by atoms with E-state index < -0.39 is 0 Å². The molecule has 1 aliphatic rings. The maximum absolute atomic E-state index is 3.81. The number of hydrogen-bond donors (Lipinski definition) is 1. The molecule has 0 aromatic carbocycles. The lowest BCUT2D eigenvalue weighted by Gasteiger charge is -2.41. The summed E-state index contributed by atoms with van der Waals surface area (Å²) in [7, 11) is 4.31. The average Bonchev–Trinajstić information content (AvgIpc) is 2.13. The molecular formula is C14H30N2S. The Morgan fingerprint density at radius 1 is 1.35 bits per heavy atom. The van der Waals surface area contributed by atoms with E-state index in [0.29, 0.717) is 16.9 Å². The van der Waals surface area contributed by atoms with Crippen LogP contribution in [0, 0.1) is 10.8 Å². The molecule has 0 saturated carbocycles. The highest BCUT2D eigenvalue weighted by molar-refractivity contribution is 7.99. The molecule has 2 nitrogen and oxygen atoms in total. The molecule has 0 aromatic heterocycles. The molecule has 0 spiro atoms. The van der Waals surface area contributed by atoms with Gasteiger partial charge >= 0.3 is 0 Å². The van der Waals surface area contributed by atoms with Crippen LogP contribution in [-0.2, 0) is 0 Å². The first-order valence-electron chi connectivity index (χ1n) is 6.69. The number of nitrogens with zero attached hydrogens (tertiary/aromatic N) is 1. The molecule has 0 aromatic rings. The molecule has 17 heavy (non-hydrogen) atoms. The smallest absolute Gasteiger partial charge is 0.0209 e. The highest BCUT2D eigenvalue weighted by atomic mass is 32.2. The van der Waals surface area contributed by atoms with Gasteiger partial charge in [-0.2, -0.15) is 11.8 Å². The first-order chi connectivity index (χ1) is 7.73. The zero-order valence-corrected chi connectivity index (χ0v) is 13.3. The topological polar surface area (TPSA) is 15.3 Å². The molecule has 1 heterocycles. The minimum atomic E-state index is 0.349. The maximum atomic E-state index is 3.81. The van der Waals surface area contributed by atoms with Gasteiger partial charge in [0.25, 0.3) is 0 Å². The molecule has 0 aliphatic carbocycles. The number of thioether (sulfide) groups is 1. The monoisotopic (exact) mass is 258 g/mol. The van der Waals surface area contributed by atoms with Gasteiger partial charge in [0.1, 0.15) is 0 Å². The Morgan fingerprint density at radius 2 is 2.00 bits per heavy atom. The minimum absolute atomic E-state index is 0.349. The van der Waals surface area contributed by atoms with E-state index in [4.69, 9.17) is 0 Å². The summed E-state index contributed by atoms with van der Waals surface area (Å²) < 4.78 is 0. The lowest BCUT2D eigenvalue weighted by molar-refractivity contribution is 0.189. The molecule has 0 radical (unpaired) electrons. The van der Waals surface area contributed by atoms with Crippen LogP contribution in [0.5, 0.6) is 0 Å². The Bertz CT molecular complexity index is 236. The third kappa shape index (κ3) is 5.19. The fraction of sp³-hybridized carbons (Fsp3) is 1.00. The Balaban J connectivity index is 2.43. The molecule has 0 bridgehead atoms. The van der Waals surface area contributed by atoms with Crippen molar-refractivity contribution < 1.29 is 0 Å². The van der Waals surface area contributed by atoms with E-state index in [1.807, 2.05) is 0 Å². The highest BCUT2D eigenvalue weighted by Crippen LogP contribution is 2.34. The Labute approximate surface area is 112 Å². The van der Waals surface area contributed by atoms with E-state index in [1.54, 1.807) is 0 Å². The van der Waals surface area contributed by atoms with E-state index in [2.05, 4.69) is 63.8 Å². The van der Waals surface area contributed by atoms with Crippen LogP contribution in [0.15, 0.2) is 0 Å². The highest BCUT2D eigenvalue weighted by Gasteiger charge is 2.33. The van der Waals surface area contributed by atoms with Gasteiger partial charge < -0.3 is 10.2 Å². The summed E-state index contributed by atoms with van der Waals surface area (Å²) in [5.41, 5.74) is 0.807. The summed E-state index contributed by atoms with van der Waals surface area (Å²) >= 11 is 2.10. The fourth-order valence-corrected chi connectivity index (χ4v) is 4.22. The lowest BCUT2D eigenvalue weighted by Crippen LogP contribution is -2.50. The predicted molar refractivity (Wildman–Crippen MR) is 79.8 cm³/mol. The van der Waals surface area contributed by atoms with Gasteiger partial charge in [-0.1, -0.05) is 27.7 Å². The summed E-state index contributed by atoms with van der Waals surface area (Å²) in [6.07, 6.45) is 1.34. The largest absolute Gasteiger partial charge is 0.312 e. The van der Waals surface area contributed by atoms with Crippen LogP contribution in [0.2, 0.25) is 0 Å². The second-order valence-electron chi connectivity index (χ2n) is 7.15. The van der Waals surface area contributed by atoms with Gasteiger partial charge in [0.05, 0.1) is 0 Å². The van der Waals surface area contributed by atoms with Crippen LogP contribution in [0.1, 0.15) is 34.1 Å². The van der Waals surface area contributed by atoms with Crippen LogP contribution < -0.4 is 5.32 Å². The number of nitrogens with one attached hydrogen (secondary N) is 1. The fourth-order valence-electron chi connectivity index (χ4n) is 2.58. The maximum Gasteiger partial charge on any atom is 0.0209 e. The molecule has 1 saturated heterocycles. The van der Waals surface area contributed by atoms with Crippen molar-refractivity contribution in [3.8, 4) is 0 Å². The van der Waals surface area contributed by atoms with Crippen molar-refractivity contribution in [2.24, 2.45) is 10.8 Å². The van der Waals surface area contributed by atoms with Crippen LogP contribution in [0.25, 0.3) is 0 Å². The van der Waals surface area contributed by atoms with Crippen LogP contribution >= 0.6 is 11.8 Å². The van der Waals surface area contributed by atoms with Crippen molar-refractivity contribution >= 4 is 11.8 Å². The third-order valence-corrected chi connectivity index (χ3v) is 4.75. The average molecular weight is 258 g/mol. The quantitative estimate of drug-likeness (QED) is 0.816. The summed E-state index contributed by atoms with van der Waals surface area (Å²) in [5, 5.41) is 3.81. The minimum Gasteiger partial charge on any atom is -0.312 e. The Kier molecular flexibility index (Phi) is 5.36. The van der Waals surface area contributed by atoms with Gasteiger partial charge in [-0.05, 0) is 37.1 Å². The van der Waals surface area contributed by atoms with E-state index in [-0.39, 0.29) is 0 Å². The molecule has 1 N–H and O–H groups in total. The van der Waals surface area contributed by atoms with Gasteiger partial charge in [-0.25, -0.2) is 0 Å². The number of hydrogen-bond acceptors (Lipinski definition) is 3. The first-order valence-corrected chi connectivity index (χ1v) is 7.84. The first kappa shape index (κ1) is 15.3. The lowest BCUT2D eigenvalue weighted by atomic mass is 9.81. The van der Waals surface area contributed by atoms with Gasteiger partial charge in [0.2, 0.25) is 0 Å². The van der Waals surface area contributed by atoms with Gasteiger partial charge in [-0.15, -0.1) is 0 Å². The molecular weight excluding hydrogens is 228 g/mol. The Morgan fingerprint density at radius 3 is 2.53 bits per heavy atom. The molecule has 0 amide bonds. The number of rotatable bonds is 5. The second-order valence-corrected chi connectivity index (χ2v) is 8.30. The second kappa shape index (κ2) is 5.94. The summed E-state index contributed by atoms with van der Waals surface area (Å²) in [4.78, 5) is 2.28. The molecule has 1 aliphatic heterocycles. The molecule has 3 heteroatoms. The molecule has 1 rings (SSSR count). The van der Waals surface area contributed by atoms with E-state index in [1.165, 1.54) is 17.9 Å². The normalized spacial score (nSPS) is 25.2. The molecule has 1 unspecified atom stereocenters. The van der Waals surface area contributed by atoms with Crippen molar-refractivity contribution in [1.82, 2.24) is 10.2 Å². The zero-order chi connectivity index (χ0) is 13.1. The van der Waals surface area contributed by atoms with Crippen molar-refractivity contribution in [3.63, 3.8) is 0 Å². The van der Waals surface area contributed by atoms with Crippen molar-refractivity contribution in [2.75, 3.05) is 38.7 Å².